The Labute approximate surface area is 285 Å². The number of hydrogen-bond acceptors (Lipinski definition) is 6. The van der Waals surface area contributed by atoms with Crippen molar-refractivity contribution in [2.45, 2.75) is 40.9 Å². The van der Waals surface area contributed by atoms with Gasteiger partial charge in [0.1, 0.15) is 11.5 Å². The third-order valence-corrected chi connectivity index (χ3v) is 8.26. The Bertz CT molecular complexity index is 2040. The number of alkyl halides is 14. The Kier molecular flexibility index (Phi) is 11.0. The maximum absolute atomic E-state index is 13.7. The van der Waals surface area contributed by atoms with Gasteiger partial charge in [-0.25, -0.2) is 8.42 Å². The van der Waals surface area contributed by atoms with Crippen LogP contribution in [0, 0.1) is 0 Å². The maximum atomic E-state index is 13.7. The minimum absolute atomic E-state index is 0.0146. The topological polar surface area (TPSA) is 109 Å². The van der Waals surface area contributed by atoms with E-state index in [2.05, 4.69) is 0 Å². The summed E-state index contributed by atoms with van der Waals surface area (Å²) in [5.74, 6) is -35.4. The van der Waals surface area contributed by atoms with Crippen molar-refractivity contribution in [3.05, 3.63) is 90.0 Å². The first kappa shape index (κ1) is 41.8. The average Bonchev–Trinajstić information content (AvgIpc) is 3.02. The Morgan fingerprint density at radius 1 is 0.538 bits per heavy atom. The van der Waals surface area contributed by atoms with Crippen molar-refractivity contribution in [1.82, 2.24) is 0 Å². The molecule has 22 heteroatoms. The standard InChI is InChI=1S/C30H15ClF14O6S/c31-52(50,51)18-9-10-19(14-1-5-16(6-2-14)21(46)12-23(48)25(32,33)27(36,37)29(40,41)42)20(11-18)15-3-7-17(8-4-15)22(47)13-24(49)26(34,35)28(38,39)30(43,44)45/h1-13,46-47H. The first-order chi connectivity index (χ1) is 23.4. The number of halogens is 15. The highest BCUT2D eigenvalue weighted by Crippen LogP contribution is 2.48. The van der Waals surface area contributed by atoms with E-state index in [-0.39, 0.29) is 22.3 Å². The van der Waals surface area contributed by atoms with Crippen LogP contribution < -0.4 is 0 Å². The molecule has 0 aliphatic heterocycles. The second-order valence-corrected chi connectivity index (χ2v) is 12.9. The van der Waals surface area contributed by atoms with Crippen LogP contribution in [0.2, 0.25) is 0 Å². The number of carbonyl (C=O) groups excluding carboxylic acids is 2. The molecule has 0 aliphatic rings. The molecule has 0 aliphatic carbocycles. The number of aliphatic hydroxyl groups is 2. The smallest absolute Gasteiger partial charge is 0.460 e. The van der Waals surface area contributed by atoms with Gasteiger partial charge in [0.2, 0.25) is 11.6 Å². The molecule has 0 bridgehead atoms. The fourth-order valence-electron chi connectivity index (χ4n) is 4.07. The van der Waals surface area contributed by atoms with Gasteiger partial charge in [0.25, 0.3) is 9.05 Å². The molecule has 282 valence electrons. The number of benzene rings is 3. The summed E-state index contributed by atoms with van der Waals surface area (Å²) in [5, 5.41) is 20.0. The molecule has 0 atom stereocenters. The molecule has 3 rings (SSSR count). The van der Waals surface area contributed by atoms with Gasteiger partial charge in [-0.2, -0.15) is 61.5 Å². The van der Waals surface area contributed by atoms with E-state index in [1.165, 1.54) is 0 Å². The Morgan fingerprint density at radius 3 is 1.17 bits per heavy atom. The van der Waals surface area contributed by atoms with Gasteiger partial charge in [-0.15, -0.1) is 0 Å². The molecule has 0 spiro atoms. The first-order valence-electron chi connectivity index (χ1n) is 13.2. The first-order valence-corrected chi connectivity index (χ1v) is 15.5. The van der Waals surface area contributed by atoms with Gasteiger partial charge in [-0.1, -0.05) is 54.6 Å². The predicted octanol–water partition coefficient (Wildman–Crippen LogP) is 9.55. The van der Waals surface area contributed by atoms with Crippen molar-refractivity contribution in [2.24, 2.45) is 0 Å². The lowest BCUT2D eigenvalue weighted by Crippen LogP contribution is -2.55. The van der Waals surface area contributed by atoms with Crippen LogP contribution in [0.5, 0.6) is 0 Å². The second-order valence-electron chi connectivity index (χ2n) is 10.4. The zero-order valence-corrected chi connectivity index (χ0v) is 26.2. The van der Waals surface area contributed by atoms with E-state index >= 15 is 0 Å². The minimum atomic E-state index is -6.84. The molecule has 0 unspecified atom stereocenters. The molecule has 0 aromatic heterocycles. The molecule has 0 saturated heterocycles. The van der Waals surface area contributed by atoms with E-state index in [0.29, 0.717) is 0 Å². The Balaban J connectivity index is 2.02. The normalized spacial score (nSPS) is 14.4. The van der Waals surface area contributed by atoms with Crippen LogP contribution in [0.3, 0.4) is 0 Å². The van der Waals surface area contributed by atoms with Gasteiger partial charge in [0.05, 0.1) is 4.90 Å². The van der Waals surface area contributed by atoms with Gasteiger partial charge in [0, 0.05) is 34.0 Å². The molecule has 0 fully saturated rings. The van der Waals surface area contributed by atoms with Crippen LogP contribution in [0.15, 0.2) is 83.8 Å². The number of aliphatic hydroxyl groups excluding tert-OH is 2. The second kappa shape index (κ2) is 13.7. The van der Waals surface area contributed by atoms with Gasteiger partial charge in [0.15, 0.2) is 0 Å². The summed E-state index contributed by atoms with van der Waals surface area (Å²) in [6, 6.07) is 10.6. The molecule has 3 aromatic rings. The van der Waals surface area contributed by atoms with Crippen LogP contribution in [0.4, 0.5) is 61.5 Å². The average molecular weight is 805 g/mol. The van der Waals surface area contributed by atoms with Crippen molar-refractivity contribution in [3.63, 3.8) is 0 Å². The molecular weight excluding hydrogens is 790 g/mol. The van der Waals surface area contributed by atoms with E-state index in [0.717, 1.165) is 66.7 Å². The van der Waals surface area contributed by atoms with E-state index in [1.54, 1.807) is 0 Å². The van der Waals surface area contributed by atoms with Crippen molar-refractivity contribution >= 4 is 42.8 Å². The molecule has 0 radical (unpaired) electrons. The van der Waals surface area contributed by atoms with Crippen molar-refractivity contribution in [3.8, 4) is 22.3 Å². The predicted molar refractivity (Wildman–Crippen MR) is 153 cm³/mol. The molecule has 6 nitrogen and oxygen atoms in total. The summed E-state index contributed by atoms with van der Waals surface area (Å²) >= 11 is 0. The van der Waals surface area contributed by atoms with Crippen LogP contribution in [0.1, 0.15) is 11.1 Å². The lowest BCUT2D eigenvalue weighted by molar-refractivity contribution is -0.342. The van der Waals surface area contributed by atoms with Gasteiger partial charge in [-0.05, 0) is 34.4 Å². The summed E-state index contributed by atoms with van der Waals surface area (Å²) in [6.45, 7) is 0. The van der Waals surface area contributed by atoms with E-state index in [1.807, 2.05) is 0 Å². The number of hydrogen-bond donors (Lipinski definition) is 2. The summed E-state index contributed by atoms with van der Waals surface area (Å²) in [7, 11) is 0.952. The van der Waals surface area contributed by atoms with E-state index in [4.69, 9.17) is 10.7 Å². The largest absolute Gasteiger partial charge is 0.507 e. The van der Waals surface area contributed by atoms with Gasteiger partial charge >= 0.3 is 36.0 Å². The summed E-state index contributed by atoms with van der Waals surface area (Å²) in [4.78, 5) is 22.7. The fourth-order valence-corrected chi connectivity index (χ4v) is 4.85. The summed E-state index contributed by atoms with van der Waals surface area (Å²) < 4.78 is 206. The summed E-state index contributed by atoms with van der Waals surface area (Å²) in [6.07, 6.45) is -14.8. The lowest BCUT2D eigenvalue weighted by Gasteiger charge is -2.26. The number of allylic oxidation sites excluding steroid dienone is 2. The number of ketones is 2. The molecule has 52 heavy (non-hydrogen) atoms. The zero-order valence-electron chi connectivity index (χ0n) is 24.6. The molecule has 0 saturated carbocycles. The molecular formula is C30H15ClF14O6S. The highest BCUT2D eigenvalue weighted by molar-refractivity contribution is 8.13. The van der Waals surface area contributed by atoms with Crippen LogP contribution in [-0.4, -0.2) is 66.2 Å². The zero-order chi connectivity index (χ0) is 40.0. The lowest BCUT2D eigenvalue weighted by atomic mass is 9.93. The minimum Gasteiger partial charge on any atom is -0.507 e. The Morgan fingerprint density at radius 2 is 0.865 bits per heavy atom. The van der Waals surface area contributed by atoms with Crippen molar-refractivity contribution < 1.29 is 89.7 Å². The summed E-state index contributed by atoms with van der Waals surface area (Å²) in [5.41, 5.74) is -1.12. The number of rotatable bonds is 11. The van der Waals surface area contributed by atoms with Crippen molar-refractivity contribution in [1.29, 1.82) is 0 Å². The van der Waals surface area contributed by atoms with Crippen molar-refractivity contribution in [2.75, 3.05) is 0 Å². The van der Waals surface area contributed by atoms with Crippen LogP contribution >= 0.6 is 10.7 Å². The van der Waals surface area contributed by atoms with Crippen LogP contribution in [-0.2, 0) is 18.6 Å². The third-order valence-electron chi connectivity index (χ3n) is 6.91. The molecule has 0 amide bonds. The van der Waals surface area contributed by atoms with E-state index in [9.17, 15) is 89.7 Å². The molecule has 0 heterocycles. The third kappa shape index (κ3) is 7.88. The fraction of sp³-hybridized carbons (Fsp3) is 0.200. The quantitative estimate of drug-likeness (QED) is 0.0866. The maximum Gasteiger partial charge on any atom is 0.460 e. The molecule has 3 aromatic carbocycles. The van der Waals surface area contributed by atoms with E-state index < -0.39 is 96.4 Å². The van der Waals surface area contributed by atoms with Gasteiger partial charge < -0.3 is 10.2 Å². The monoisotopic (exact) mass is 804 g/mol. The highest BCUT2D eigenvalue weighted by atomic mass is 35.7. The number of carbonyl (C=O) groups is 2. The van der Waals surface area contributed by atoms with Gasteiger partial charge in [-0.3, -0.25) is 9.59 Å². The molecule has 2 N–H and O–H groups in total. The van der Waals surface area contributed by atoms with Crippen LogP contribution in [0.25, 0.3) is 33.8 Å². The highest BCUT2D eigenvalue weighted by Gasteiger charge is 2.76. The SMILES string of the molecule is O=C(C=C(O)c1ccc(-c2ccc(S(=O)(=O)Cl)cc2-c2ccc(C(O)=CC(=O)C(F)(F)C(F)(F)C(F)(F)F)cc2)cc1)C(F)(F)C(F)(F)C(F)(F)F. The Hall–Kier alpha value is -4.66.